The Labute approximate surface area is 137 Å². The zero-order valence-electron chi connectivity index (χ0n) is 12.3. The molecule has 3 aromatic rings. The van der Waals surface area contributed by atoms with Crippen molar-refractivity contribution in [3.05, 3.63) is 60.2 Å². The second kappa shape index (κ2) is 6.10. The Hall–Kier alpha value is -2.25. The number of aromatic nitrogens is 4. The first kappa shape index (κ1) is 14.3. The Morgan fingerprint density at radius 3 is 2.91 bits per heavy atom. The third-order valence-corrected chi connectivity index (χ3v) is 4.68. The third kappa shape index (κ3) is 2.97. The van der Waals surface area contributed by atoms with Crippen molar-refractivity contribution in [2.45, 2.75) is 18.4 Å². The molecule has 0 unspecified atom stereocenters. The Kier molecular flexibility index (Phi) is 3.80. The van der Waals surface area contributed by atoms with Crippen molar-refractivity contribution in [1.29, 1.82) is 0 Å². The first-order valence-corrected chi connectivity index (χ1v) is 8.22. The summed E-state index contributed by atoms with van der Waals surface area (Å²) in [6, 6.07) is 12.4. The largest absolute Gasteiger partial charge is 0.288 e. The molecule has 5 nitrogen and oxygen atoms in total. The van der Waals surface area contributed by atoms with E-state index in [-0.39, 0.29) is 5.82 Å². The van der Waals surface area contributed by atoms with E-state index in [9.17, 15) is 4.39 Å². The molecule has 0 radical (unpaired) electrons. The van der Waals surface area contributed by atoms with Gasteiger partial charge in [-0.15, -0.1) is 10.2 Å². The average molecular weight is 327 g/mol. The smallest absolute Gasteiger partial charge is 0.193 e. The van der Waals surface area contributed by atoms with Gasteiger partial charge in [-0.05, 0) is 24.3 Å². The molecule has 23 heavy (non-hydrogen) atoms. The van der Waals surface area contributed by atoms with Crippen molar-refractivity contribution in [3.8, 4) is 11.4 Å². The molecule has 0 amide bonds. The third-order valence-electron chi connectivity index (χ3n) is 3.63. The summed E-state index contributed by atoms with van der Waals surface area (Å²) in [7, 11) is 0. The highest BCUT2D eigenvalue weighted by Gasteiger charge is 2.22. The Bertz CT molecular complexity index is 820. The number of pyridine rings is 1. The van der Waals surface area contributed by atoms with Gasteiger partial charge in [0.2, 0.25) is 0 Å². The number of benzene rings is 1. The molecular weight excluding hydrogens is 313 g/mol. The highest BCUT2D eigenvalue weighted by atomic mass is 32.2. The van der Waals surface area contributed by atoms with Crippen LogP contribution in [0.2, 0.25) is 0 Å². The van der Waals surface area contributed by atoms with Gasteiger partial charge in [0.05, 0.1) is 18.2 Å². The van der Waals surface area contributed by atoms with Crippen molar-refractivity contribution in [3.63, 3.8) is 0 Å². The van der Waals surface area contributed by atoms with E-state index in [1.807, 2.05) is 28.8 Å². The van der Waals surface area contributed by atoms with Crippen molar-refractivity contribution in [1.82, 2.24) is 24.6 Å². The maximum Gasteiger partial charge on any atom is 0.193 e. The molecule has 0 saturated carbocycles. The van der Waals surface area contributed by atoms with Crippen LogP contribution in [0, 0.1) is 5.82 Å². The summed E-state index contributed by atoms with van der Waals surface area (Å²) in [6.07, 6.45) is 1.80. The summed E-state index contributed by atoms with van der Waals surface area (Å²) in [5.74, 6) is 1.25. The van der Waals surface area contributed by atoms with Gasteiger partial charge in [-0.1, -0.05) is 30.0 Å². The topological polar surface area (TPSA) is 46.8 Å². The van der Waals surface area contributed by atoms with Gasteiger partial charge in [0.25, 0.3) is 0 Å². The van der Waals surface area contributed by atoms with Gasteiger partial charge in [-0.25, -0.2) is 4.39 Å². The molecule has 1 aliphatic heterocycles. The fraction of sp³-hybridized carbons (Fsp3) is 0.188. The number of hydrogen-bond acceptors (Lipinski definition) is 5. The summed E-state index contributed by atoms with van der Waals surface area (Å²) in [4.78, 5) is 6.62. The Morgan fingerprint density at radius 2 is 2.09 bits per heavy atom. The highest BCUT2D eigenvalue weighted by molar-refractivity contribution is 7.99. The van der Waals surface area contributed by atoms with Gasteiger partial charge in [0, 0.05) is 18.3 Å². The van der Waals surface area contributed by atoms with Crippen LogP contribution in [0.1, 0.15) is 5.69 Å². The molecule has 1 aromatic carbocycles. The Balaban J connectivity index is 1.60. The first-order chi connectivity index (χ1) is 11.3. The lowest BCUT2D eigenvalue weighted by Gasteiger charge is -2.27. The van der Waals surface area contributed by atoms with Crippen LogP contribution in [0.4, 0.5) is 4.39 Å². The maximum absolute atomic E-state index is 13.5. The normalized spacial score (nSPS) is 14.7. The van der Waals surface area contributed by atoms with E-state index < -0.39 is 0 Å². The van der Waals surface area contributed by atoms with Crippen LogP contribution in [-0.2, 0) is 13.2 Å². The fourth-order valence-electron chi connectivity index (χ4n) is 2.57. The van der Waals surface area contributed by atoms with E-state index in [0.29, 0.717) is 12.5 Å². The second-order valence-electron chi connectivity index (χ2n) is 5.31. The maximum atomic E-state index is 13.5. The predicted octanol–water partition coefficient (Wildman–Crippen LogP) is 3.00. The molecule has 0 fully saturated rings. The molecule has 0 aliphatic carbocycles. The van der Waals surface area contributed by atoms with E-state index in [1.54, 1.807) is 24.0 Å². The number of fused-ring (bicyclic) bond motifs is 1. The van der Waals surface area contributed by atoms with Gasteiger partial charge in [0.15, 0.2) is 11.0 Å². The van der Waals surface area contributed by atoms with E-state index in [4.69, 9.17) is 0 Å². The zero-order chi connectivity index (χ0) is 15.6. The number of hydrogen-bond donors (Lipinski definition) is 0. The van der Waals surface area contributed by atoms with E-state index >= 15 is 0 Å². The van der Waals surface area contributed by atoms with Gasteiger partial charge in [-0.2, -0.15) is 0 Å². The summed E-state index contributed by atoms with van der Waals surface area (Å²) < 4.78 is 15.5. The SMILES string of the molecule is Fc1cccc(-c2nnc3n2CN(Cc2ccccn2)CS3)c1. The number of nitrogens with zero attached hydrogens (tertiary/aromatic N) is 5. The molecule has 0 atom stereocenters. The van der Waals surface area contributed by atoms with Gasteiger partial charge < -0.3 is 0 Å². The van der Waals surface area contributed by atoms with Crippen molar-refractivity contribution in [2.24, 2.45) is 0 Å². The molecule has 4 rings (SSSR count). The quantitative estimate of drug-likeness (QED) is 0.740. The van der Waals surface area contributed by atoms with Gasteiger partial charge >= 0.3 is 0 Å². The zero-order valence-corrected chi connectivity index (χ0v) is 13.1. The van der Waals surface area contributed by atoms with Crippen LogP contribution in [0.15, 0.2) is 53.8 Å². The van der Waals surface area contributed by atoms with Gasteiger partial charge in [0.1, 0.15) is 5.82 Å². The molecular formula is C16H14FN5S. The average Bonchev–Trinajstić information content (AvgIpc) is 2.99. The molecule has 0 saturated heterocycles. The van der Waals surface area contributed by atoms with Crippen molar-refractivity contribution < 1.29 is 4.39 Å². The second-order valence-corrected chi connectivity index (χ2v) is 6.22. The summed E-state index contributed by atoms with van der Waals surface area (Å²) in [5.41, 5.74) is 1.76. The summed E-state index contributed by atoms with van der Waals surface area (Å²) >= 11 is 1.63. The van der Waals surface area contributed by atoms with Gasteiger partial charge in [-0.3, -0.25) is 14.5 Å². The lowest BCUT2D eigenvalue weighted by atomic mass is 10.2. The molecule has 3 heterocycles. The standard InChI is InChI=1S/C16H14FN5S/c17-13-5-3-4-12(8-13)15-19-20-16-22(15)10-21(11-23-16)9-14-6-1-2-7-18-14/h1-8H,9-11H2. The van der Waals surface area contributed by atoms with E-state index in [0.717, 1.165) is 28.8 Å². The fourth-order valence-corrected chi connectivity index (χ4v) is 3.44. The highest BCUT2D eigenvalue weighted by Crippen LogP contribution is 2.29. The first-order valence-electron chi connectivity index (χ1n) is 7.24. The van der Waals surface area contributed by atoms with Crippen LogP contribution in [0.5, 0.6) is 0 Å². The summed E-state index contributed by atoms with van der Waals surface area (Å²) in [6.45, 7) is 1.42. The molecule has 0 spiro atoms. The number of halogens is 1. The van der Waals surface area contributed by atoms with E-state index in [2.05, 4.69) is 20.1 Å². The lowest BCUT2D eigenvalue weighted by molar-refractivity contribution is 0.229. The predicted molar refractivity (Wildman–Crippen MR) is 85.9 cm³/mol. The lowest BCUT2D eigenvalue weighted by Crippen LogP contribution is -2.30. The molecule has 2 aromatic heterocycles. The molecule has 0 N–H and O–H groups in total. The molecule has 1 aliphatic rings. The minimum Gasteiger partial charge on any atom is -0.288 e. The van der Waals surface area contributed by atoms with Crippen LogP contribution in [0.25, 0.3) is 11.4 Å². The van der Waals surface area contributed by atoms with E-state index in [1.165, 1.54) is 12.1 Å². The van der Waals surface area contributed by atoms with Crippen LogP contribution in [-0.4, -0.2) is 30.5 Å². The number of thioether (sulfide) groups is 1. The van der Waals surface area contributed by atoms with Crippen molar-refractivity contribution >= 4 is 11.8 Å². The van der Waals surface area contributed by atoms with Crippen LogP contribution < -0.4 is 0 Å². The van der Waals surface area contributed by atoms with Crippen molar-refractivity contribution in [2.75, 3.05) is 5.88 Å². The van der Waals surface area contributed by atoms with Crippen LogP contribution >= 0.6 is 11.8 Å². The minimum atomic E-state index is -0.270. The molecule has 0 bridgehead atoms. The number of rotatable bonds is 3. The molecule has 7 heteroatoms. The summed E-state index contributed by atoms with van der Waals surface area (Å²) in [5, 5.41) is 9.31. The monoisotopic (exact) mass is 327 g/mol. The molecule has 116 valence electrons. The minimum absolute atomic E-state index is 0.270. The van der Waals surface area contributed by atoms with Crippen LogP contribution in [0.3, 0.4) is 0 Å². The Morgan fingerprint density at radius 1 is 1.13 bits per heavy atom.